The molecule has 0 aliphatic carbocycles. The minimum absolute atomic E-state index is 0.264. The smallest absolute Gasteiger partial charge is 0.227 e. The van der Waals surface area contributed by atoms with Gasteiger partial charge in [0.25, 0.3) is 0 Å². The van der Waals surface area contributed by atoms with Crippen molar-refractivity contribution in [2.45, 2.75) is 26.7 Å². The second-order valence-electron chi connectivity index (χ2n) is 5.81. The first-order valence-corrected chi connectivity index (χ1v) is 7.80. The van der Waals surface area contributed by atoms with Crippen molar-refractivity contribution in [3.8, 4) is 0 Å². The van der Waals surface area contributed by atoms with E-state index in [1.54, 1.807) is 18.3 Å². The molecule has 122 valence electrons. The zero-order chi connectivity index (χ0) is 17.3. The van der Waals surface area contributed by atoms with Crippen molar-refractivity contribution in [1.29, 1.82) is 0 Å². The highest BCUT2D eigenvalue weighted by Crippen LogP contribution is 2.26. The van der Waals surface area contributed by atoms with E-state index < -0.39 is 5.97 Å². The molecular formula is C19H17N2O3-. The Balaban J connectivity index is 2.18. The highest BCUT2D eigenvalue weighted by Gasteiger charge is 2.20. The van der Waals surface area contributed by atoms with Crippen LogP contribution in [0.5, 0.6) is 0 Å². The van der Waals surface area contributed by atoms with Gasteiger partial charge in [-0.3, -0.25) is 9.78 Å². The van der Waals surface area contributed by atoms with Crippen LogP contribution in [-0.2, 0) is 17.6 Å². The maximum Gasteiger partial charge on any atom is 0.227 e. The Bertz CT molecular complexity index is 941. The SMILES string of the molecule is CCc1ccc2c(CC(=O)[O-])c(C(=O)c3cc(C)ccn3)[nH]c2c1. The number of nitrogens with one attached hydrogen (secondary N) is 1. The number of ketones is 1. The zero-order valence-corrected chi connectivity index (χ0v) is 13.6. The van der Waals surface area contributed by atoms with E-state index in [1.807, 2.05) is 32.0 Å². The van der Waals surface area contributed by atoms with E-state index in [0.29, 0.717) is 5.56 Å². The highest BCUT2D eigenvalue weighted by atomic mass is 16.4. The molecule has 1 aromatic carbocycles. The van der Waals surface area contributed by atoms with Crippen LogP contribution < -0.4 is 5.11 Å². The third kappa shape index (κ3) is 2.93. The van der Waals surface area contributed by atoms with Gasteiger partial charge in [-0.2, -0.15) is 0 Å². The first-order chi connectivity index (χ1) is 11.5. The van der Waals surface area contributed by atoms with Gasteiger partial charge < -0.3 is 14.9 Å². The van der Waals surface area contributed by atoms with E-state index in [2.05, 4.69) is 9.97 Å². The van der Waals surface area contributed by atoms with Crippen LogP contribution in [0.1, 0.15) is 39.8 Å². The molecule has 0 fully saturated rings. The summed E-state index contributed by atoms with van der Waals surface area (Å²) in [6, 6.07) is 9.22. The Labute approximate surface area is 139 Å². The number of hydrogen-bond donors (Lipinski definition) is 1. The number of pyridine rings is 1. The van der Waals surface area contributed by atoms with Gasteiger partial charge in [-0.25, -0.2) is 0 Å². The lowest BCUT2D eigenvalue weighted by atomic mass is 10.0. The number of aryl methyl sites for hydroxylation is 2. The Hall–Kier alpha value is -2.95. The molecule has 0 unspecified atom stereocenters. The van der Waals surface area contributed by atoms with Crippen LogP contribution in [-0.4, -0.2) is 21.7 Å². The normalized spacial score (nSPS) is 10.9. The van der Waals surface area contributed by atoms with Gasteiger partial charge in [-0.15, -0.1) is 0 Å². The number of hydrogen-bond acceptors (Lipinski definition) is 4. The summed E-state index contributed by atoms with van der Waals surface area (Å²) in [6.07, 6.45) is 2.10. The number of benzene rings is 1. The summed E-state index contributed by atoms with van der Waals surface area (Å²) in [5.41, 5.74) is 3.77. The predicted octanol–water partition coefficient (Wildman–Crippen LogP) is 1.96. The van der Waals surface area contributed by atoms with E-state index in [4.69, 9.17) is 0 Å². The molecule has 5 nitrogen and oxygen atoms in total. The summed E-state index contributed by atoms with van der Waals surface area (Å²) in [4.78, 5) is 31.2. The molecule has 0 aliphatic heterocycles. The zero-order valence-electron chi connectivity index (χ0n) is 13.6. The molecule has 0 saturated carbocycles. The number of aromatic nitrogens is 2. The van der Waals surface area contributed by atoms with Gasteiger partial charge in [0.1, 0.15) is 5.69 Å². The van der Waals surface area contributed by atoms with Crippen molar-refractivity contribution in [2.75, 3.05) is 0 Å². The molecule has 2 aromatic heterocycles. The molecule has 2 heterocycles. The standard InChI is InChI=1S/C19H18N2O3/c1-3-12-4-5-13-14(10-17(22)23)18(21-15(13)9-12)19(24)16-8-11(2)6-7-20-16/h4-9,21H,3,10H2,1-2H3,(H,22,23)/p-1. The van der Waals surface area contributed by atoms with Crippen LogP contribution in [0, 0.1) is 6.92 Å². The number of aliphatic carboxylic acids is 1. The highest BCUT2D eigenvalue weighted by molar-refractivity contribution is 6.11. The lowest BCUT2D eigenvalue weighted by Crippen LogP contribution is -2.25. The molecule has 0 amide bonds. The number of fused-ring (bicyclic) bond motifs is 1. The minimum atomic E-state index is -1.22. The molecule has 5 heteroatoms. The predicted molar refractivity (Wildman–Crippen MR) is 88.8 cm³/mol. The largest absolute Gasteiger partial charge is 0.550 e. The Morgan fingerprint density at radius 2 is 2.00 bits per heavy atom. The Morgan fingerprint density at radius 1 is 1.21 bits per heavy atom. The molecule has 3 aromatic rings. The summed E-state index contributed by atoms with van der Waals surface area (Å²) in [6.45, 7) is 3.91. The van der Waals surface area contributed by atoms with Crippen molar-refractivity contribution in [3.05, 3.63) is 64.6 Å². The molecule has 0 spiro atoms. The summed E-state index contributed by atoms with van der Waals surface area (Å²) in [5, 5.41) is 11.9. The molecule has 24 heavy (non-hydrogen) atoms. The maximum atomic E-state index is 12.8. The molecule has 0 atom stereocenters. The van der Waals surface area contributed by atoms with Gasteiger partial charge in [0.05, 0.1) is 5.69 Å². The number of carbonyl (C=O) groups excluding carboxylic acids is 2. The topological polar surface area (TPSA) is 85.9 Å². The summed E-state index contributed by atoms with van der Waals surface area (Å²) in [7, 11) is 0. The first-order valence-electron chi connectivity index (χ1n) is 7.80. The van der Waals surface area contributed by atoms with E-state index in [-0.39, 0.29) is 23.6 Å². The molecule has 0 bridgehead atoms. The number of carboxylic acids is 1. The molecule has 0 aliphatic rings. The van der Waals surface area contributed by atoms with Crippen molar-refractivity contribution in [2.24, 2.45) is 0 Å². The van der Waals surface area contributed by atoms with Crippen LogP contribution in [0.3, 0.4) is 0 Å². The first kappa shape index (κ1) is 15.9. The summed E-state index contributed by atoms with van der Waals surface area (Å²) < 4.78 is 0. The fourth-order valence-electron chi connectivity index (χ4n) is 2.83. The van der Waals surface area contributed by atoms with Crippen LogP contribution >= 0.6 is 0 Å². The van der Waals surface area contributed by atoms with Gasteiger partial charge in [0.2, 0.25) is 5.78 Å². The lowest BCUT2D eigenvalue weighted by Gasteiger charge is -2.05. The number of carboxylic acid groups (broad SMARTS) is 1. The van der Waals surface area contributed by atoms with Gasteiger partial charge in [-0.05, 0) is 48.2 Å². The van der Waals surface area contributed by atoms with E-state index >= 15 is 0 Å². The monoisotopic (exact) mass is 321 g/mol. The third-order valence-electron chi connectivity index (χ3n) is 4.08. The number of aromatic amines is 1. The second kappa shape index (κ2) is 6.28. The fourth-order valence-corrected chi connectivity index (χ4v) is 2.83. The van der Waals surface area contributed by atoms with Gasteiger partial charge in [0.15, 0.2) is 0 Å². The molecule has 0 saturated heterocycles. The fraction of sp³-hybridized carbons (Fsp3) is 0.211. The van der Waals surface area contributed by atoms with Crippen molar-refractivity contribution < 1.29 is 14.7 Å². The van der Waals surface area contributed by atoms with Crippen molar-refractivity contribution in [3.63, 3.8) is 0 Å². The molecule has 3 rings (SSSR count). The number of carbonyl (C=O) groups is 2. The Kier molecular flexibility index (Phi) is 4.16. The minimum Gasteiger partial charge on any atom is -0.550 e. The van der Waals surface area contributed by atoms with Gasteiger partial charge in [-0.1, -0.05) is 19.1 Å². The second-order valence-corrected chi connectivity index (χ2v) is 5.81. The quantitative estimate of drug-likeness (QED) is 0.728. The van der Waals surface area contributed by atoms with Crippen LogP contribution in [0.4, 0.5) is 0 Å². The van der Waals surface area contributed by atoms with Crippen LogP contribution in [0.25, 0.3) is 10.9 Å². The maximum absolute atomic E-state index is 12.8. The van der Waals surface area contributed by atoms with E-state index in [0.717, 1.165) is 28.5 Å². The van der Waals surface area contributed by atoms with Crippen molar-refractivity contribution in [1.82, 2.24) is 9.97 Å². The van der Waals surface area contributed by atoms with Gasteiger partial charge >= 0.3 is 0 Å². The Morgan fingerprint density at radius 3 is 2.67 bits per heavy atom. The van der Waals surface area contributed by atoms with E-state index in [1.165, 1.54) is 0 Å². The number of nitrogens with zero attached hydrogens (tertiary/aromatic N) is 1. The van der Waals surface area contributed by atoms with Crippen LogP contribution in [0.15, 0.2) is 36.5 Å². The number of H-pyrrole nitrogens is 1. The number of rotatable bonds is 5. The molecule has 0 radical (unpaired) electrons. The molecule has 1 N–H and O–H groups in total. The average Bonchev–Trinajstić information content (AvgIpc) is 2.91. The lowest BCUT2D eigenvalue weighted by molar-refractivity contribution is -0.304. The summed E-state index contributed by atoms with van der Waals surface area (Å²) in [5.74, 6) is -1.54. The van der Waals surface area contributed by atoms with Gasteiger partial charge in [0, 0.05) is 29.5 Å². The summed E-state index contributed by atoms with van der Waals surface area (Å²) >= 11 is 0. The third-order valence-corrected chi connectivity index (χ3v) is 4.08. The average molecular weight is 321 g/mol. The van der Waals surface area contributed by atoms with Crippen LogP contribution in [0.2, 0.25) is 0 Å². The van der Waals surface area contributed by atoms with Crippen molar-refractivity contribution >= 4 is 22.7 Å². The van der Waals surface area contributed by atoms with E-state index in [9.17, 15) is 14.7 Å². The molecular weight excluding hydrogens is 304 g/mol.